The van der Waals surface area contributed by atoms with Gasteiger partial charge in [0, 0.05) is 11.4 Å². The number of allylic oxidation sites excluding steroid dienone is 1. The summed E-state index contributed by atoms with van der Waals surface area (Å²) in [6.45, 7) is 10.8. The maximum atomic E-state index is 13.9. The second-order valence-corrected chi connectivity index (χ2v) is 12.0. The van der Waals surface area contributed by atoms with Gasteiger partial charge in [0.25, 0.3) is 5.91 Å². The van der Waals surface area contributed by atoms with Crippen LogP contribution >= 0.6 is 27.7 Å². The summed E-state index contributed by atoms with van der Waals surface area (Å²) < 4.78 is 14.9. The zero-order valence-corrected chi connectivity index (χ0v) is 26.7. The lowest BCUT2D eigenvalue weighted by molar-refractivity contribution is -0.113. The first-order chi connectivity index (χ1) is 20.3. The molecule has 42 heavy (non-hydrogen) atoms. The Kier molecular flexibility index (Phi) is 9.23. The molecule has 0 radical (unpaired) electrons. The number of aryl methyl sites for hydroxylation is 2. The fourth-order valence-electron chi connectivity index (χ4n) is 4.92. The Balaban J connectivity index is 1.57. The van der Waals surface area contributed by atoms with Crippen LogP contribution in [0.4, 0.5) is 11.6 Å². The monoisotopic (exact) mass is 647 g/mol. The van der Waals surface area contributed by atoms with Crippen LogP contribution in [-0.4, -0.2) is 33.0 Å². The van der Waals surface area contributed by atoms with Gasteiger partial charge in [-0.25, -0.2) is 4.68 Å². The number of nitrogens with one attached hydrogen (secondary N) is 2. The number of hydrogen-bond donors (Lipinski definition) is 2. The molecule has 1 atom stereocenters. The number of hydrogen-bond acceptors (Lipinski definition) is 7. The van der Waals surface area contributed by atoms with E-state index in [0.717, 1.165) is 38.2 Å². The van der Waals surface area contributed by atoms with Crippen LogP contribution in [0.5, 0.6) is 11.5 Å². The lowest BCUT2D eigenvalue weighted by Gasteiger charge is -2.29. The van der Waals surface area contributed by atoms with E-state index in [1.165, 1.54) is 0 Å². The number of carbonyl (C=O) groups is 1. The lowest BCUT2D eigenvalue weighted by atomic mass is 9.94. The Morgan fingerprint density at radius 2 is 1.88 bits per heavy atom. The van der Waals surface area contributed by atoms with Gasteiger partial charge in [0.1, 0.15) is 12.6 Å². The van der Waals surface area contributed by atoms with E-state index in [1.807, 2.05) is 69.3 Å². The fourth-order valence-corrected chi connectivity index (χ4v) is 6.05. The quantitative estimate of drug-likeness (QED) is 0.171. The van der Waals surface area contributed by atoms with Gasteiger partial charge in [0.05, 0.1) is 16.7 Å². The number of rotatable bonds is 10. The number of anilines is 2. The lowest BCUT2D eigenvalue weighted by Crippen LogP contribution is -2.31. The van der Waals surface area contributed by atoms with Crippen LogP contribution in [0.3, 0.4) is 0 Å². The molecule has 0 fully saturated rings. The predicted molar refractivity (Wildman–Crippen MR) is 172 cm³/mol. The summed E-state index contributed by atoms with van der Waals surface area (Å²) in [4.78, 5) is 18.6. The van der Waals surface area contributed by atoms with Crippen molar-refractivity contribution in [1.82, 2.24) is 14.8 Å². The summed E-state index contributed by atoms with van der Waals surface area (Å²) in [6, 6.07) is 19.2. The van der Waals surface area contributed by atoms with E-state index in [0.29, 0.717) is 47.1 Å². The van der Waals surface area contributed by atoms with E-state index in [2.05, 4.69) is 52.5 Å². The molecule has 218 valence electrons. The Bertz CT molecular complexity index is 1650. The number of thioether (sulfide) groups is 1. The number of ether oxygens (including phenoxy) is 2. The van der Waals surface area contributed by atoms with Crippen LogP contribution in [0, 0.1) is 13.8 Å². The van der Waals surface area contributed by atoms with Crippen molar-refractivity contribution in [2.24, 2.45) is 0 Å². The van der Waals surface area contributed by atoms with E-state index < -0.39 is 6.04 Å². The van der Waals surface area contributed by atoms with Crippen molar-refractivity contribution in [3.05, 3.63) is 98.7 Å². The van der Waals surface area contributed by atoms with Gasteiger partial charge in [-0.05, 0) is 95.9 Å². The molecule has 0 saturated carbocycles. The molecule has 5 rings (SSSR count). The topological polar surface area (TPSA) is 90.3 Å². The highest BCUT2D eigenvalue weighted by atomic mass is 79.9. The number of carbonyl (C=O) groups excluding carboxylic acids is 1. The summed E-state index contributed by atoms with van der Waals surface area (Å²) >= 11 is 5.29. The smallest absolute Gasteiger partial charge is 0.255 e. The summed E-state index contributed by atoms with van der Waals surface area (Å²) in [5.74, 6) is 2.36. The fraction of sp³-hybridized carbons (Fsp3) is 0.281. The molecule has 10 heteroatoms. The maximum absolute atomic E-state index is 13.9. The van der Waals surface area contributed by atoms with Crippen molar-refractivity contribution in [3.8, 4) is 11.5 Å². The van der Waals surface area contributed by atoms with Crippen LogP contribution in [0.2, 0.25) is 0 Å². The number of amides is 1. The van der Waals surface area contributed by atoms with Crippen molar-refractivity contribution in [2.45, 2.75) is 52.4 Å². The van der Waals surface area contributed by atoms with Crippen molar-refractivity contribution < 1.29 is 14.3 Å². The first-order valence-electron chi connectivity index (χ1n) is 13.9. The van der Waals surface area contributed by atoms with Crippen molar-refractivity contribution >= 4 is 45.2 Å². The van der Waals surface area contributed by atoms with E-state index in [1.54, 1.807) is 16.4 Å². The van der Waals surface area contributed by atoms with Crippen LogP contribution < -0.4 is 20.1 Å². The van der Waals surface area contributed by atoms with Crippen LogP contribution in [-0.2, 0) is 11.4 Å². The SMILES string of the molecule is CCOc1cc(C2C(C(=O)Nc3cccc(C)c3)=C(C)Nc3nc(SCC)nn32)cc(Br)c1OCc1ccccc1C. The standard InChI is InChI=1S/C32H34BrN5O3S/c1-6-40-26-17-23(16-25(33)29(26)41-18-22-13-9-8-12-20(22)4)28-27(30(39)35-24-14-10-11-19(3)15-24)21(5)34-31-36-32(42-7-2)37-38(28)31/h8-17,28H,6-7,18H2,1-5H3,(H,35,39)(H,34,36,37). The Morgan fingerprint density at radius 1 is 1.07 bits per heavy atom. The number of aromatic nitrogens is 3. The molecule has 0 saturated heterocycles. The molecule has 4 aromatic rings. The first-order valence-corrected chi connectivity index (χ1v) is 15.7. The maximum Gasteiger partial charge on any atom is 0.255 e. The van der Waals surface area contributed by atoms with Crippen molar-refractivity contribution in [3.63, 3.8) is 0 Å². The van der Waals surface area contributed by atoms with E-state index >= 15 is 0 Å². The molecule has 0 bridgehead atoms. The Labute approximate surface area is 259 Å². The minimum Gasteiger partial charge on any atom is -0.490 e. The van der Waals surface area contributed by atoms with Gasteiger partial charge in [-0.2, -0.15) is 4.98 Å². The predicted octanol–water partition coefficient (Wildman–Crippen LogP) is 7.67. The summed E-state index contributed by atoms with van der Waals surface area (Å²) in [5.41, 5.74) is 6.07. The van der Waals surface area contributed by atoms with Gasteiger partial charge in [-0.3, -0.25) is 4.79 Å². The average Bonchev–Trinajstić information content (AvgIpc) is 3.34. The molecule has 8 nitrogen and oxygen atoms in total. The molecule has 3 aromatic carbocycles. The third-order valence-corrected chi connectivity index (χ3v) is 8.22. The number of benzene rings is 3. The molecule has 0 spiro atoms. The number of fused-ring (bicyclic) bond motifs is 1. The van der Waals surface area contributed by atoms with Gasteiger partial charge < -0.3 is 20.1 Å². The number of halogens is 1. The zero-order chi connectivity index (χ0) is 29.8. The first kappa shape index (κ1) is 29.7. The summed E-state index contributed by atoms with van der Waals surface area (Å²) in [6.07, 6.45) is 0. The number of nitrogens with zero attached hydrogens (tertiary/aromatic N) is 3. The summed E-state index contributed by atoms with van der Waals surface area (Å²) in [5, 5.41) is 11.8. The van der Waals surface area contributed by atoms with Crippen molar-refractivity contribution in [1.29, 1.82) is 0 Å². The Hall–Kier alpha value is -3.76. The van der Waals surface area contributed by atoms with Gasteiger partial charge in [0.2, 0.25) is 11.1 Å². The van der Waals surface area contributed by atoms with E-state index in [9.17, 15) is 4.79 Å². The average molecular weight is 649 g/mol. The molecular formula is C32H34BrN5O3S. The van der Waals surface area contributed by atoms with E-state index in [-0.39, 0.29) is 5.91 Å². The highest BCUT2D eigenvalue weighted by Crippen LogP contribution is 2.43. The second-order valence-electron chi connectivity index (χ2n) is 9.96. The normalized spacial score (nSPS) is 14.3. The molecule has 1 aromatic heterocycles. The minimum absolute atomic E-state index is 0.226. The molecular weight excluding hydrogens is 614 g/mol. The van der Waals surface area contributed by atoms with Crippen molar-refractivity contribution in [2.75, 3.05) is 23.0 Å². The van der Waals surface area contributed by atoms with Gasteiger partial charge in [0.15, 0.2) is 11.5 Å². The van der Waals surface area contributed by atoms with Gasteiger partial charge >= 0.3 is 0 Å². The van der Waals surface area contributed by atoms with Gasteiger partial charge in [-0.15, -0.1) is 5.10 Å². The molecule has 0 aliphatic carbocycles. The molecule has 1 amide bonds. The van der Waals surface area contributed by atoms with Gasteiger partial charge in [-0.1, -0.05) is 55.1 Å². The Morgan fingerprint density at radius 3 is 2.62 bits per heavy atom. The molecule has 1 aliphatic heterocycles. The molecule has 2 heterocycles. The third-order valence-electron chi connectivity index (χ3n) is 6.91. The highest BCUT2D eigenvalue weighted by molar-refractivity contribution is 9.10. The minimum atomic E-state index is -0.564. The van der Waals surface area contributed by atoms with Crippen LogP contribution in [0.25, 0.3) is 0 Å². The van der Waals surface area contributed by atoms with E-state index in [4.69, 9.17) is 19.6 Å². The van der Waals surface area contributed by atoms with Crippen LogP contribution in [0.15, 0.2) is 81.6 Å². The summed E-state index contributed by atoms with van der Waals surface area (Å²) in [7, 11) is 0. The zero-order valence-electron chi connectivity index (χ0n) is 24.3. The molecule has 1 unspecified atom stereocenters. The van der Waals surface area contributed by atoms with Crippen LogP contribution in [0.1, 0.15) is 49.1 Å². The molecule has 2 N–H and O–H groups in total. The third kappa shape index (κ3) is 6.34. The highest BCUT2D eigenvalue weighted by Gasteiger charge is 2.35. The second kappa shape index (κ2) is 13.0. The molecule has 1 aliphatic rings. The largest absolute Gasteiger partial charge is 0.490 e.